The van der Waals surface area contributed by atoms with Gasteiger partial charge in [0, 0.05) is 11.6 Å². The first-order valence-electron chi connectivity index (χ1n) is 8.75. The molecule has 0 aromatic heterocycles. The number of anilines is 1. The number of benzene rings is 2. The molecule has 0 bridgehead atoms. The Bertz CT molecular complexity index is 743. The van der Waals surface area contributed by atoms with Crippen molar-refractivity contribution in [2.24, 2.45) is 5.92 Å². The van der Waals surface area contributed by atoms with Crippen molar-refractivity contribution < 1.29 is 14.4 Å². The SMILES string of the molecule is CC(NC(=O)NOCc1ccccc1)c1ccc(NC(=O)C2CC2)cc1. The summed E-state index contributed by atoms with van der Waals surface area (Å²) in [4.78, 5) is 28.9. The van der Waals surface area contributed by atoms with Gasteiger partial charge in [0.15, 0.2) is 0 Å². The van der Waals surface area contributed by atoms with Crippen molar-refractivity contribution in [1.29, 1.82) is 0 Å². The van der Waals surface area contributed by atoms with E-state index in [1.807, 2.05) is 61.5 Å². The number of nitrogens with one attached hydrogen (secondary N) is 3. The number of urea groups is 1. The van der Waals surface area contributed by atoms with Gasteiger partial charge < -0.3 is 10.6 Å². The Labute approximate surface area is 152 Å². The zero-order chi connectivity index (χ0) is 18.4. The van der Waals surface area contributed by atoms with Crippen LogP contribution in [0.3, 0.4) is 0 Å². The van der Waals surface area contributed by atoms with E-state index in [-0.39, 0.29) is 17.9 Å². The molecule has 136 valence electrons. The van der Waals surface area contributed by atoms with Crippen LogP contribution in [0.2, 0.25) is 0 Å². The summed E-state index contributed by atoms with van der Waals surface area (Å²) in [5.74, 6) is 0.258. The van der Waals surface area contributed by atoms with E-state index in [0.29, 0.717) is 6.61 Å². The van der Waals surface area contributed by atoms with E-state index < -0.39 is 6.03 Å². The molecular formula is C20H23N3O3. The zero-order valence-electron chi connectivity index (χ0n) is 14.7. The molecule has 0 spiro atoms. The Balaban J connectivity index is 1.42. The Hall–Kier alpha value is -2.86. The molecule has 1 unspecified atom stereocenters. The molecule has 26 heavy (non-hydrogen) atoms. The molecule has 2 aromatic rings. The van der Waals surface area contributed by atoms with E-state index in [0.717, 1.165) is 29.7 Å². The van der Waals surface area contributed by atoms with Crippen LogP contribution in [-0.4, -0.2) is 11.9 Å². The second kappa shape index (κ2) is 8.49. The number of hydroxylamine groups is 1. The molecule has 3 N–H and O–H groups in total. The third kappa shape index (κ3) is 5.32. The molecule has 1 fully saturated rings. The standard InChI is InChI=1S/C20H23N3O3/c1-14(21-20(25)23-26-13-15-5-3-2-4-6-15)16-9-11-18(12-10-16)22-19(24)17-7-8-17/h2-6,9-12,14,17H,7-8,13H2,1H3,(H,22,24)(H2,21,23,25). The molecular weight excluding hydrogens is 330 g/mol. The smallest absolute Gasteiger partial charge is 0.330 e. The molecule has 3 amide bonds. The highest BCUT2D eigenvalue weighted by molar-refractivity contribution is 5.94. The van der Waals surface area contributed by atoms with Gasteiger partial charge in [-0.15, -0.1) is 0 Å². The maximum Gasteiger partial charge on any atom is 0.339 e. The average Bonchev–Trinajstić information content (AvgIpc) is 3.48. The van der Waals surface area contributed by atoms with Gasteiger partial charge in [0.1, 0.15) is 0 Å². The van der Waals surface area contributed by atoms with E-state index in [2.05, 4.69) is 16.1 Å². The summed E-state index contributed by atoms with van der Waals surface area (Å²) in [6, 6.07) is 16.5. The number of carbonyl (C=O) groups excluding carboxylic acids is 2. The van der Waals surface area contributed by atoms with Crippen LogP contribution in [0, 0.1) is 5.92 Å². The number of amides is 3. The fraction of sp³-hybridized carbons (Fsp3) is 0.300. The Kier molecular flexibility index (Phi) is 5.86. The van der Waals surface area contributed by atoms with E-state index >= 15 is 0 Å². The molecule has 0 aliphatic heterocycles. The van der Waals surface area contributed by atoms with Crippen LogP contribution >= 0.6 is 0 Å². The van der Waals surface area contributed by atoms with E-state index in [1.54, 1.807) is 0 Å². The van der Waals surface area contributed by atoms with Gasteiger partial charge in [-0.2, -0.15) is 0 Å². The van der Waals surface area contributed by atoms with Crippen molar-refractivity contribution in [1.82, 2.24) is 10.8 Å². The lowest BCUT2D eigenvalue weighted by atomic mass is 10.1. The predicted octanol–water partition coefficient (Wildman–Crippen LogP) is 3.53. The van der Waals surface area contributed by atoms with E-state index in [9.17, 15) is 9.59 Å². The summed E-state index contributed by atoms with van der Waals surface area (Å²) in [7, 11) is 0. The minimum absolute atomic E-state index is 0.0823. The highest BCUT2D eigenvalue weighted by Gasteiger charge is 2.29. The first-order chi connectivity index (χ1) is 12.6. The van der Waals surface area contributed by atoms with Gasteiger partial charge in [-0.05, 0) is 43.0 Å². The molecule has 0 heterocycles. The quantitative estimate of drug-likeness (QED) is 0.666. The third-order valence-electron chi connectivity index (χ3n) is 4.22. The first kappa shape index (κ1) is 17.9. The second-order valence-corrected chi connectivity index (χ2v) is 6.46. The third-order valence-corrected chi connectivity index (χ3v) is 4.22. The van der Waals surface area contributed by atoms with Crippen LogP contribution < -0.4 is 16.1 Å². The molecule has 6 nitrogen and oxygen atoms in total. The summed E-state index contributed by atoms with van der Waals surface area (Å²) in [6.45, 7) is 2.19. The monoisotopic (exact) mass is 353 g/mol. The number of hydrogen-bond acceptors (Lipinski definition) is 3. The fourth-order valence-electron chi connectivity index (χ4n) is 2.51. The minimum Gasteiger partial charge on any atom is -0.330 e. The Morgan fingerprint density at radius 2 is 1.77 bits per heavy atom. The fourth-order valence-corrected chi connectivity index (χ4v) is 2.51. The molecule has 1 saturated carbocycles. The van der Waals surface area contributed by atoms with Crippen molar-refractivity contribution in [3.63, 3.8) is 0 Å². The van der Waals surface area contributed by atoms with Crippen LogP contribution in [0.1, 0.15) is 36.9 Å². The lowest BCUT2D eigenvalue weighted by Crippen LogP contribution is -2.36. The topological polar surface area (TPSA) is 79.5 Å². The summed E-state index contributed by atoms with van der Waals surface area (Å²) >= 11 is 0. The Morgan fingerprint density at radius 3 is 2.42 bits per heavy atom. The Morgan fingerprint density at radius 1 is 1.08 bits per heavy atom. The van der Waals surface area contributed by atoms with Crippen LogP contribution in [-0.2, 0) is 16.2 Å². The predicted molar refractivity (Wildman–Crippen MR) is 99.1 cm³/mol. The average molecular weight is 353 g/mol. The summed E-state index contributed by atoms with van der Waals surface area (Å²) in [5.41, 5.74) is 5.07. The summed E-state index contributed by atoms with van der Waals surface area (Å²) in [5, 5.41) is 5.70. The van der Waals surface area contributed by atoms with Gasteiger partial charge in [0.05, 0.1) is 12.6 Å². The molecule has 0 saturated heterocycles. The van der Waals surface area contributed by atoms with Gasteiger partial charge in [-0.1, -0.05) is 42.5 Å². The molecule has 1 aliphatic carbocycles. The molecule has 2 aromatic carbocycles. The highest BCUT2D eigenvalue weighted by atomic mass is 16.7. The van der Waals surface area contributed by atoms with Gasteiger partial charge in [-0.25, -0.2) is 10.3 Å². The van der Waals surface area contributed by atoms with Crippen molar-refractivity contribution in [3.8, 4) is 0 Å². The molecule has 6 heteroatoms. The maximum absolute atomic E-state index is 11.9. The highest BCUT2D eigenvalue weighted by Crippen LogP contribution is 2.30. The van der Waals surface area contributed by atoms with Crippen LogP contribution in [0.25, 0.3) is 0 Å². The van der Waals surface area contributed by atoms with Crippen LogP contribution in [0.5, 0.6) is 0 Å². The maximum atomic E-state index is 11.9. The van der Waals surface area contributed by atoms with Crippen molar-refractivity contribution in [2.75, 3.05) is 5.32 Å². The van der Waals surface area contributed by atoms with Crippen LogP contribution in [0.15, 0.2) is 54.6 Å². The normalized spacial score (nSPS) is 14.3. The number of rotatable bonds is 7. The zero-order valence-corrected chi connectivity index (χ0v) is 14.7. The van der Waals surface area contributed by atoms with E-state index in [4.69, 9.17) is 4.84 Å². The van der Waals surface area contributed by atoms with E-state index in [1.165, 1.54) is 0 Å². The van der Waals surface area contributed by atoms with Gasteiger partial charge in [-0.3, -0.25) is 9.63 Å². The van der Waals surface area contributed by atoms with Gasteiger partial charge in [0.25, 0.3) is 0 Å². The number of carbonyl (C=O) groups is 2. The summed E-state index contributed by atoms with van der Waals surface area (Å²) in [6.07, 6.45) is 1.96. The molecule has 3 rings (SSSR count). The van der Waals surface area contributed by atoms with Crippen LogP contribution in [0.4, 0.5) is 10.5 Å². The molecule has 1 aliphatic rings. The van der Waals surface area contributed by atoms with Gasteiger partial charge in [0.2, 0.25) is 5.91 Å². The molecule has 1 atom stereocenters. The van der Waals surface area contributed by atoms with Crippen molar-refractivity contribution in [3.05, 3.63) is 65.7 Å². The lowest BCUT2D eigenvalue weighted by molar-refractivity contribution is -0.117. The first-order valence-corrected chi connectivity index (χ1v) is 8.75. The van der Waals surface area contributed by atoms with Crippen molar-refractivity contribution in [2.45, 2.75) is 32.4 Å². The lowest BCUT2D eigenvalue weighted by Gasteiger charge is -2.15. The second-order valence-electron chi connectivity index (χ2n) is 6.46. The van der Waals surface area contributed by atoms with Gasteiger partial charge >= 0.3 is 6.03 Å². The summed E-state index contributed by atoms with van der Waals surface area (Å²) < 4.78 is 0. The molecule has 0 radical (unpaired) electrons. The minimum atomic E-state index is -0.403. The van der Waals surface area contributed by atoms with Crippen molar-refractivity contribution >= 4 is 17.6 Å². The number of hydrogen-bond donors (Lipinski definition) is 3. The largest absolute Gasteiger partial charge is 0.339 e.